The van der Waals surface area contributed by atoms with Gasteiger partial charge in [-0.15, -0.1) is 0 Å². The molecule has 1 aromatic carbocycles. The number of aromatic amines is 1. The number of rotatable bonds is 6. The first-order chi connectivity index (χ1) is 12.5. The molecule has 6 heteroatoms. The molecule has 0 bridgehead atoms. The molecule has 1 unspecified atom stereocenters. The minimum atomic E-state index is -0.986. The van der Waals surface area contributed by atoms with Crippen LogP contribution in [-0.2, 0) is 20.7 Å². The second kappa shape index (κ2) is 7.50. The number of benzene rings is 1. The van der Waals surface area contributed by atoms with E-state index in [1.54, 1.807) is 4.90 Å². The predicted octanol–water partition coefficient (Wildman–Crippen LogP) is 2.75. The van der Waals surface area contributed by atoms with Crippen LogP contribution in [0.3, 0.4) is 0 Å². The number of H-pyrrole nitrogens is 1. The van der Waals surface area contributed by atoms with E-state index in [1.165, 1.54) is 12.7 Å². The predicted molar refractivity (Wildman–Crippen MR) is 99.1 cm³/mol. The molecule has 26 heavy (non-hydrogen) atoms. The average molecular weight is 358 g/mol. The summed E-state index contributed by atoms with van der Waals surface area (Å²) in [5, 5.41) is 10.8. The van der Waals surface area contributed by atoms with Crippen LogP contribution in [0.1, 0.15) is 30.4 Å². The van der Waals surface area contributed by atoms with Gasteiger partial charge >= 0.3 is 5.97 Å². The molecule has 1 atom stereocenters. The number of methoxy groups -OCH3 is 1. The highest BCUT2D eigenvalue weighted by Crippen LogP contribution is 2.31. The quantitative estimate of drug-likeness (QED) is 0.832. The number of aryl methyl sites for hydroxylation is 2. The molecule has 1 aromatic heterocycles. The topological polar surface area (TPSA) is 82.6 Å². The highest BCUT2D eigenvalue weighted by atomic mass is 16.5. The lowest BCUT2D eigenvalue weighted by Crippen LogP contribution is -2.52. The Morgan fingerprint density at radius 2 is 2.19 bits per heavy atom. The maximum atomic E-state index is 12.7. The number of nitrogens with zero attached hydrogens (tertiary/aromatic N) is 1. The number of carbonyl (C=O) groups is 2. The third-order valence-corrected chi connectivity index (χ3v) is 5.42. The number of hydrogen-bond donors (Lipinski definition) is 2. The largest absolute Gasteiger partial charge is 0.481 e. The Hall–Kier alpha value is -2.34. The van der Waals surface area contributed by atoms with Gasteiger partial charge in [0.25, 0.3) is 0 Å². The molecule has 1 aliphatic rings. The molecule has 0 spiro atoms. The molecule has 1 saturated heterocycles. The van der Waals surface area contributed by atoms with E-state index in [4.69, 9.17) is 4.74 Å². The smallest absolute Gasteiger partial charge is 0.313 e. The Balaban J connectivity index is 1.67. The van der Waals surface area contributed by atoms with Gasteiger partial charge in [-0.2, -0.15) is 0 Å². The molecular weight excluding hydrogens is 332 g/mol. The second-order valence-electron chi connectivity index (χ2n) is 7.25. The zero-order chi connectivity index (χ0) is 18.7. The molecular formula is C20H26N2O4. The number of nitrogens with one attached hydrogen (secondary N) is 1. The third kappa shape index (κ3) is 3.46. The molecule has 140 valence electrons. The van der Waals surface area contributed by atoms with Gasteiger partial charge in [0.15, 0.2) is 0 Å². The SMILES string of the molecule is COCC1(C(=O)O)CCCN(C(=O)CCc2c[nH]c3c(C)cccc23)C1. The Labute approximate surface area is 153 Å². The van der Waals surface area contributed by atoms with Crippen LogP contribution in [0.25, 0.3) is 10.9 Å². The van der Waals surface area contributed by atoms with E-state index in [0.29, 0.717) is 32.2 Å². The first-order valence-corrected chi connectivity index (χ1v) is 9.02. The highest BCUT2D eigenvalue weighted by Gasteiger charge is 2.43. The number of para-hydroxylation sites is 1. The zero-order valence-electron chi connectivity index (χ0n) is 15.4. The van der Waals surface area contributed by atoms with Gasteiger partial charge in [-0.3, -0.25) is 9.59 Å². The summed E-state index contributed by atoms with van der Waals surface area (Å²) in [4.78, 5) is 29.4. The molecule has 0 radical (unpaired) electrons. The maximum Gasteiger partial charge on any atom is 0.313 e. The van der Waals surface area contributed by atoms with Gasteiger partial charge in [0.05, 0.1) is 6.61 Å². The number of aliphatic carboxylic acids is 1. The molecule has 2 aromatic rings. The first kappa shape index (κ1) is 18.5. The van der Waals surface area contributed by atoms with Gasteiger partial charge in [0.2, 0.25) is 5.91 Å². The monoisotopic (exact) mass is 358 g/mol. The van der Waals surface area contributed by atoms with E-state index >= 15 is 0 Å². The molecule has 2 heterocycles. The van der Waals surface area contributed by atoms with Gasteiger partial charge in [-0.05, 0) is 37.3 Å². The Morgan fingerprint density at radius 3 is 2.92 bits per heavy atom. The number of carboxylic acids is 1. The van der Waals surface area contributed by atoms with Crippen molar-refractivity contribution in [3.8, 4) is 0 Å². The van der Waals surface area contributed by atoms with Crippen molar-refractivity contribution >= 4 is 22.8 Å². The average Bonchev–Trinajstić information content (AvgIpc) is 3.04. The number of ether oxygens (including phenoxy) is 1. The minimum absolute atomic E-state index is 0.00781. The third-order valence-electron chi connectivity index (χ3n) is 5.42. The number of likely N-dealkylation sites (tertiary alicyclic amines) is 1. The van der Waals surface area contributed by atoms with Crippen LogP contribution in [0.5, 0.6) is 0 Å². The van der Waals surface area contributed by atoms with Crippen molar-refractivity contribution < 1.29 is 19.4 Å². The number of aromatic nitrogens is 1. The van der Waals surface area contributed by atoms with Crippen LogP contribution >= 0.6 is 0 Å². The molecule has 1 amide bonds. The van der Waals surface area contributed by atoms with Gasteiger partial charge in [0, 0.05) is 43.7 Å². The van der Waals surface area contributed by atoms with Crippen LogP contribution in [0.2, 0.25) is 0 Å². The summed E-state index contributed by atoms with van der Waals surface area (Å²) in [5.74, 6) is -0.877. The summed E-state index contributed by atoms with van der Waals surface area (Å²) < 4.78 is 5.13. The lowest BCUT2D eigenvalue weighted by atomic mass is 9.80. The summed E-state index contributed by atoms with van der Waals surface area (Å²) in [6.07, 6.45) is 4.22. The number of carbonyl (C=O) groups excluding carboxylic acids is 1. The fraction of sp³-hybridized carbons (Fsp3) is 0.500. The van der Waals surface area contributed by atoms with Crippen molar-refractivity contribution in [2.75, 3.05) is 26.8 Å². The van der Waals surface area contributed by atoms with Crippen LogP contribution < -0.4 is 0 Å². The summed E-state index contributed by atoms with van der Waals surface area (Å²) in [6, 6.07) is 6.14. The number of carboxylic acid groups (broad SMARTS) is 1. The standard InChI is InChI=1S/C20H26N2O4/c1-14-5-3-6-16-15(11-21-18(14)16)7-8-17(23)22-10-4-9-20(12-22,13-26-2)19(24)25/h3,5-6,11,21H,4,7-10,12-13H2,1-2H3,(H,24,25). The van der Waals surface area contributed by atoms with E-state index in [-0.39, 0.29) is 19.1 Å². The molecule has 0 saturated carbocycles. The van der Waals surface area contributed by atoms with E-state index in [0.717, 1.165) is 16.5 Å². The van der Waals surface area contributed by atoms with Crippen LogP contribution in [0.15, 0.2) is 24.4 Å². The zero-order valence-corrected chi connectivity index (χ0v) is 15.4. The van der Waals surface area contributed by atoms with Crippen LogP contribution in [0.4, 0.5) is 0 Å². The van der Waals surface area contributed by atoms with Crippen molar-refractivity contribution in [2.24, 2.45) is 5.41 Å². The molecule has 2 N–H and O–H groups in total. The van der Waals surface area contributed by atoms with Crippen molar-refractivity contribution in [2.45, 2.75) is 32.6 Å². The number of fused-ring (bicyclic) bond motifs is 1. The highest BCUT2D eigenvalue weighted by molar-refractivity contribution is 5.86. The number of piperidine rings is 1. The number of amides is 1. The number of hydrogen-bond acceptors (Lipinski definition) is 3. The normalized spacial score (nSPS) is 20.5. The lowest BCUT2D eigenvalue weighted by molar-refractivity contribution is -0.159. The Morgan fingerprint density at radius 1 is 1.38 bits per heavy atom. The fourth-order valence-electron chi connectivity index (χ4n) is 3.95. The summed E-state index contributed by atoms with van der Waals surface area (Å²) >= 11 is 0. The van der Waals surface area contributed by atoms with Gasteiger partial charge in [0.1, 0.15) is 5.41 Å². The minimum Gasteiger partial charge on any atom is -0.481 e. The molecule has 1 fully saturated rings. The van der Waals surface area contributed by atoms with E-state index in [1.807, 2.05) is 12.3 Å². The van der Waals surface area contributed by atoms with Gasteiger partial charge in [-0.25, -0.2) is 0 Å². The molecule has 3 rings (SSSR count). The molecule has 0 aliphatic carbocycles. The van der Waals surface area contributed by atoms with Crippen molar-refractivity contribution in [3.05, 3.63) is 35.5 Å². The molecule has 1 aliphatic heterocycles. The summed E-state index contributed by atoms with van der Waals surface area (Å²) in [6.45, 7) is 3.03. The Bertz CT molecular complexity index is 809. The van der Waals surface area contributed by atoms with Crippen LogP contribution in [0, 0.1) is 12.3 Å². The molecule has 6 nitrogen and oxygen atoms in total. The first-order valence-electron chi connectivity index (χ1n) is 9.02. The second-order valence-corrected chi connectivity index (χ2v) is 7.25. The summed E-state index contributed by atoms with van der Waals surface area (Å²) in [5.41, 5.74) is 2.43. The maximum absolute atomic E-state index is 12.7. The van der Waals surface area contributed by atoms with E-state index < -0.39 is 11.4 Å². The van der Waals surface area contributed by atoms with Crippen molar-refractivity contribution in [1.29, 1.82) is 0 Å². The van der Waals surface area contributed by atoms with E-state index in [2.05, 4.69) is 24.0 Å². The van der Waals surface area contributed by atoms with E-state index in [9.17, 15) is 14.7 Å². The summed E-state index contributed by atoms with van der Waals surface area (Å²) in [7, 11) is 1.50. The van der Waals surface area contributed by atoms with Crippen molar-refractivity contribution in [3.63, 3.8) is 0 Å². The van der Waals surface area contributed by atoms with Crippen LogP contribution in [-0.4, -0.2) is 53.7 Å². The van der Waals surface area contributed by atoms with Gasteiger partial charge in [-0.1, -0.05) is 18.2 Å². The Kier molecular flexibility index (Phi) is 5.32. The lowest BCUT2D eigenvalue weighted by Gasteiger charge is -2.39. The fourth-order valence-corrected chi connectivity index (χ4v) is 3.95. The van der Waals surface area contributed by atoms with Crippen molar-refractivity contribution in [1.82, 2.24) is 9.88 Å². The van der Waals surface area contributed by atoms with Gasteiger partial charge < -0.3 is 19.7 Å².